The van der Waals surface area contributed by atoms with Gasteiger partial charge in [0.1, 0.15) is 16.9 Å². The van der Waals surface area contributed by atoms with Gasteiger partial charge in [-0.15, -0.1) is 0 Å². The summed E-state index contributed by atoms with van der Waals surface area (Å²) in [6, 6.07) is 8.37. The maximum absolute atomic E-state index is 12.9. The molecule has 2 rings (SSSR count). The second kappa shape index (κ2) is 5.85. The van der Waals surface area contributed by atoms with Gasteiger partial charge in [-0.2, -0.15) is 8.78 Å². The van der Waals surface area contributed by atoms with Crippen molar-refractivity contribution in [1.82, 2.24) is 0 Å². The molecule has 0 aliphatic heterocycles. The Labute approximate surface area is 119 Å². The Bertz CT molecular complexity index is 664. The molecule has 0 unspecified atom stereocenters. The third kappa shape index (κ3) is 3.24. The third-order valence-electron chi connectivity index (χ3n) is 2.92. The average molecular weight is 318 g/mol. The van der Waals surface area contributed by atoms with E-state index >= 15 is 0 Å². The number of rotatable bonds is 4. The van der Waals surface area contributed by atoms with Crippen molar-refractivity contribution in [3.63, 3.8) is 0 Å². The van der Waals surface area contributed by atoms with Gasteiger partial charge < -0.3 is 0 Å². The normalized spacial score (nSPS) is 12.1. The first-order chi connectivity index (χ1) is 9.82. The van der Waals surface area contributed by atoms with Crippen molar-refractivity contribution in [2.24, 2.45) is 0 Å². The molecule has 0 N–H and O–H groups in total. The molecule has 0 saturated carbocycles. The van der Waals surface area contributed by atoms with Crippen molar-refractivity contribution in [3.05, 3.63) is 71.3 Å². The van der Waals surface area contributed by atoms with Crippen LogP contribution in [0.25, 0.3) is 0 Å². The zero-order valence-electron chi connectivity index (χ0n) is 10.5. The topological polar surface area (TPSA) is 34.1 Å². The van der Waals surface area contributed by atoms with Gasteiger partial charge >= 0.3 is 5.76 Å². The highest BCUT2D eigenvalue weighted by molar-refractivity contribution is 7.92. The molecule has 0 heterocycles. The monoisotopic (exact) mass is 318 g/mol. The first-order valence-corrected chi connectivity index (χ1v) is 7.45. The highest BCUT2D eigenvalue weighted by atomic mass is 32.2. The van der Waals surface area contributed by atoms with Gasteiger partial charge in [-0.3, -0.25) is 0 Å². The van der Waals surface area contributed by atoms with Crippen molar-refractivity contribution in [2.75, 3.05) is 0 Å². The van der Waals surface area contributed by atoms with Crippen LogP contribution in [-0.2, 0) is 9.84 Å². The van der Waals surface area contributed by atoms with E-state index in [-0.39, 0.29) is 11.1 Å². The van der Waals surface area contributed by atoms with E-state index < -0.39 is 32.5 Å². The van der Waals surface area contributed by atoms with Gasteiger partial charge in [-0.25, -0.2) is 17.2 Å². The lowest BCUT2D eigenvalue weighted by atomic mass is 10.0. The van der Waals surface area contributed by atoms with E-state index in [1.807, 2.05) is 0 Å². The molecular formula is C14H10F4O2S. The second-order valence-corrected chi connectivity index (χ2v) is 6.34. The minimum atomic E-state index is -4.85. The molecule has 0 radical (unpaired) electrons. The number of benzene rings is 2. The summed E-state index contributed by atoms with van der Waals surface area (Å²) in [5.74, 6) is -4.84. The van der Waals surface area contributed by atoms with Crippen LogP contribution in [0.15, 0.2) is 48.5 Å². The molecule has 2 aromatic rings. The second-order valence-electron chi connectivity index (χ2n) is 4.33. The van der Waals surface area contributed by atoms with E-state index in [2.05, 4.69) is 0 Å². The summed E-state index contributed by atoms with van der Waals surface area (Å²) >= 11 is 0. The zero-order chi connectivity index (χ0) is 15.6. The summed E-state index contributed by atoms with van der Waals surface area (Å²) < 4.78 is 75.3. The van der Waals surface area contributed by atoms with Crippen LogP contribution in [0, 0.1) is 11.6 Å². The van der Waals surface area contributed by atoms with E-state index in [9.17, 15) is 26.0 Å². The van der Waals surface area contributed by atoms with Crippen molar-refractivity contribution in [3.8, 4) is 0 Å². The van der Waals surface area contributed by atoms with E-state index in [1.54, 1.807) is 0 Å². The standard InChI is InChI=1S/C14H10F4O2S/c15-11-5-1-9(2-6-11)13(21(19,20)14(17)18)10-3-7-12(16)8-4-10/h1-8,13-14H. The van der Waals surface area contributed by atoms with Crippen LogP contribution in [0.2, 0.25) is 0 Å². The number of hydrogen-bond donors (Lipinski definition) is 0. The van der Waals surface area contributed by atoms with E-state index in [0.29, 0.717) is 0 Å². The molecule has 21 heavy (non-hydrogen) atoms. The van der Waals surface area contributed by atoms with Crippen LogP contribution in [-0.4, -0.2) is 14.2 Å². The van der Waals surface area contributed by atoms with Gasteiger partial charge in [0.25, 0.3) is 0 Å². The molecule has 0 aliphatic rings. The number of alkyl halides is 2. The Morgan fingerprint density at radius 2 is 1.05 bits per heavy atom. The predicted molar refractivity (Wildman–Crippen MR) is 69.6 cm³/mol. The van der Waals surface area contributed by atoms with E-state index in [1.165, 1.54) is 0 Å². The molecular weight excluding hydrogens is 308 g/mol. The fourth-order valence-corrected chi connectivity index (χ4v) is 3.23. The van der Waals surface area contributed by atoms with Gasteiger partial charge in [-0.1, -0.05) is 24.3 Å². The Kier molecular flexibility index (Phi) is 4.32. The Morgan fingerprint density at radius 1 is 0.714 bits per heavy atom. The molecule has 0 amide bonds. The maximum atomic E-state index is 12.9. The lowest BCUT2D eigenvalue weighted by Crippen LogP contribution is -2.21. The lowest BCUT2D eigenvalue weighted by molar-refractivity contribution is 0.233. The Morgan fingerprint density at radius 3 is 1.33 bits per heavy atom. The van der Waals surface area contributed by atoms with E-state index in [4.69, 9.17) is 0 Å². The van der Waals surface area contributed by atoms with E-state index in [0.717, 1.165) is 48.5 Å². The van der Waals surface area contributed by atoms with Crippen LogP contribution in [0.5, 0.6) is 0 Å². The van der Waals surface area contributed by atoms with Crippen LogP contribution in [0.3, 0.4) is 0 Å². The summed E-state index contributed by atoms with van der Waals surface area (Å²) in [6.45, 7) is 0. The first kappa shape index (κ1) is 15.5. The third-order valence-corrected chi connectivity index (χ3v) is 4.62. The molecule has 0 saturated heterocycles. The molecule has 2 nitrogen and oxygen atoms in total. The largest absolute Gasteiger partial charge is 0.337 e. The lowest BCUT2D eigenvalue weighted by Gasteiger charge is -2.18. The molecule has 2 aromatic carbocycles. The maximum Gasteiger partial charge on any atom is 0.337 e. The minimum absolute atomic E-state index is 0.0108. The number of sulfone groups is 1. The number of halogens is 4. The quantitative estimate of drug-likeness (QED) is 0.806. The zero-order valence-corrected chi connectivity index (χ0v) is 11.3. The molecule has 0 aliphatic carbocycles. The molecule has 0 fully saturated rings. The van der Waals surface area contributed by atoms with Crippen molar-refractivity contribution in [1.29, 1.82) is 0 Å². The molecule has 0 atom stereocenters. The van der Waals surface area contributed by atoms with Crippen molar-refractivity contribution in [2.45, 2.75) is 11.0 Å². The minimum Gasteiger partial charge on any atom is -0.222 e. The predicted octanol–water partition coefficient (Wildman–Crippen LogP) is 3.69. The van der Waals surface area contributed by atoms with Crippen molar-refractivity contribution >= 4 is 9.84 Å². The SMILES string of the molecule is O=S(=O)(C(F)F)C(c1ccc(F)cc1)c1ccc(F)cc1. The Balaban J connectivity index is 2.60. The van der Waals surface area contributed by atoms with Gasteiger partial charge in [0, 0.05) is 0 Å². The molecule has 112 valence electrons. The summed E-state index contributed by atoms with van der Waals surface area (Å²) in [5, 5.41) is -1.68. The first-order valence-electron chi connectivity index (χ1n) is 5.84. The fraction of sp³-hybridized carbons (Fsp3) is 0.143. The summed E-state index contributed by atoms with van der Waals surface area (Å²) in [5.41, 5.74) is -0.0217. The number of hydrogen-bond acceptors (Lipinski definition) is 2. The van der Waals surface area contributed by atoms with Gasteiger partial charge in [0.05, 0.1) is 0 Å². The summed E-state index contributed by atoms with van der Waals surface area (Å²) in [6.07, 6.45) is 0. The smallest absolute Gasteiger partial charge is 0.222 e. The van der Waals surface area contributed by atoms with Gasteiger partial charge in [0.15, 0.2) is 0 Å². The molecule has 7 heteroatoms. The summed E-state index contributed by atoms with van der Waals surface area (Å²) in [7, 11) is -4.85. The molecule has 0 bridgehead atoms. The van der Waals surface area contributed by atoms with Crippen molar-refractivity contribution < 1.29 is 26.0 Å². The van der Waals surface area contributed by atoms with Crippen LogP contribution >= 0.6 is 0 Å². The van der Waals surface area contributed by atoms with Crippen LogP contribution < -0.4 is 0 Å². The average Bonchev–Trinajstić information content (AvgIpc) is 2.43. The highest BCUT2D eigenvalue weighted by Gasteiger charge is 2.36. The van der Waals surface area contributed by atoms with Crippen LogP contribution in [0.1, 0.15) is 16.4 Å². The Hall–Kier alpha value is -1.89. The summed E-state index contributed by atoms with van der Waals surface area (Å²) in [4.78, 5) is 0. The highest BCUT2D eigenvalue weighted by Crippen LogP contribution is 2.34. The van der Waals surface area contributed by atoms with Crippen LogP contribution in [0.4, 0.5) is 17.6 Å². The fourth-order valence-electron chi connectivity index (χ4n) is 1.95. The van der Waals surface area contributed by atoms with Gasteiger partial charge in [0.2, 0.25) is 9.84 Å². The molecule has 0 spiro atoms. The molecule has 0 aromatic heterocycles. The van der Waals surface area contributed by atoms with Gasteiger partial charge in [-0.05, 0) is 35.4 Å².